The summed E-state index contributed by atoms with van der Waals surface area (Å²) in [6, 6.07) is 8.98. The summed E-state index contributed by atoms with van der Waals surface area (Å²) in [4.78, 5) is 29.0. The summed E-state index contributed by atoms with van der Waals surface area (Å²) < 4.78 is 82.8. The zero-order valence-electron chi connectivity index (χ0n) is 21.0. The molecule has 208 valence electrons. The summed E-state index contributed by atoms with van der Waals surface area (Å²) in [5.41, 5.74) is 0.739. The fourth-order valence-electron chi connectivity index (χ4n) is 5.50. The van der Waals surface area contributed by atoms with E-state index in [4.69, 9.17) is 4.74 Å². The van der Waals surface area contributed by atoms with Crippen LogP contribution in [-0.2, 0) is 16.9 Å². The monoisotopic (exact) mass is 545 g/mol. The first-order valence-electron chi connectivity index (χ1n) is 12.3. The van der Waals surface area contributed by atoms with Crippen molar-refractivity contribution in [3.8, 4) is 0 Å². The number of hydrogen-bond donors (Lipinski definition) is 0. The average molecular weight is 546 g/mol. The van der Waals surface area contributed by atoms with Crippen molar-refractivity contribution >= 4 is 11.7 Å². The third-order valence-electron chi connectivity index (χ3n) is 7.47. The molecule has 2 aliphatic rings. The quantitative estimate of drug-likeness (QED) is 0.280. The number of ether oxygens (including phenoxy) is 1. The van der Waals surface area contributed by atoms with Crippen LogP contribution in [0.3, 0.4) is 0 Å². The van der Waals surface area contributed by atoms with Crippen LogP contribution in [0.25, 0.3) is 0 Å². The third kappa shape index (κ3) is 5.61. The van der Waals surface area contributed by atoms with Gasteiger partial charge in [-0.3, -0.25) is 14.5 Å². The number of Topliss-reactive ketones (excluding diaryl/α,β-unsaturated/α-hetero) is 1. The molecule has 0 saturated carbocycles. The molecule has 3 heterocycles. The Labute approximate surface area is 216 Å². The minimum Gasteiger partial charge on any atom is -0.376 e. The van der Waals surface area contributed by atoms with Gasteiger partial charge in [-0.05, 0) is 56.6 Å². The topological polar surface area (TPSA) is 54.8 Å². The first-order chi connectivity index (χ1) is 17.7. The van der Waals surface area contributed by atoms with Crippen molar-refractivity contribution in [3.05, 3.63) is 58.9 Å². The third-order valence-corrected chi connectivity index (χ3v) is 7.47. The molecule has 12 heteroatoms. The van der Waals surface area contributed by atoms with E-state index in [1.54, 1.807) is 42.2 Å². The predicted molar refractivity (Wildman–Crippen MR) is 126 cm³/mol. The second-order valence-electron chi connectivity index (χ2n) is 9.97. The maximum absolute atomic E-state index is 13.2. The molecule has 1 aromatic heterocycles. The van der Waals surface area contributed by atoms with Gasteiger partial charge in [0.15, 0.2) is 0 Å². The van der Waals surface area contributed by atoms with E-state index in [2.05, 4.69) is 4.90 Å². The lowest BCUT2D eigenvalue weighted by Gasteiger charge is -2.52. The van der Waals surface area contributed by atoms with Gasteiger partial charge < -0.3 is 14.2 Å². The lowest BCUT2D eigenvalue weighted by molar-refractivity contribution is -0.146. The van der Waals surface area contributed by atoms with Gasteiger partial charge in [-0.15, -0.1) is 0 Å². The van der Waals surface area contributed by atoms with Crippen LogP contribution >= 0.6 is 0 Å². The highest BCUT2D eigenvalue weighted by Crippen LogP contribution is 2.44. The minimum atomic E-state index is -4.97. The van der Waals surface area contributed by atoms with Gasteiger partial charge in [-0.1, -0.05) is 12.1 Å². The van der Waals surface area contributed by atoms with E-state index in [1.807, 2.05) is 7.05 Å². The second kappa shape index (κ2) is 10.4. The summed E-state index contributed by atoms with van der Waals surface area (Å²) in [6.45, 7) is 2.54. The van der Waals surface area contributed by atoms with Gasteiger partial charge in [0.1, 0.15) is 0 Å². The van der Waals surface area contributed by atoms with Crippen LogP contribution in [0.4, 0.5) is 26.3 Å². The van der Waals surface area contributed by atoms with Crippen LogP contribution in [0.5, 0.6) is 0 Å². The molecule has 1 amide bonds. The van der Waals surface area contributed by atoms with Crippen molar-refractivity contribution in [1.82, 2.24) is 14.4 Å². The van der Waals surface area contributed by atoms with Crippen LogP contribution in [0.2, 0.25) is 0 Å². The molecule has 1 unspecified atom stereocenters. The number of alkyl halides is 6. The highest BCUT2D eigenvalue weighted by Gasteiger charge is 2.49. The molecular weight excluding hydrogens is 516 g/mol. The lowest BCUT2D eigenvalue weighted by Crippen LogP contribution is -2.57. The van der Waals surface area contributed by atoms with Crippen LogP contribution < -0.4 is 0 Å². The molecule has 4 rings (SSSR count). The summed E-state index contributed by atoms with van der Waals surface area (Å²) in [5, 5.41) is 0. The smallest absolute Gasteiger partial charge is 0.376 e. The number of aromatic nitrogens is 1. The molecular formula is C26H29F6N3O3. The van der Waals surface area contributed by atoms with Crippen molar-refractivity contribution in [2.45, 2.75) is 56.7 Å². The first kappa shape index (κ1) is 28.2. The van der Waals surface area contributed by atoms with Crippen LogP contribution in [-0.4, -0.2) is 71.7 Å². The number of carbonyl (C=O) groups is 2. The molecule has 2 aromatic rings. The molecule has 0 bridgehead atoms. The predicted octanol–water partition coefficient (Wildman–Crippen LogP) is 5.34. The van der Waals surface area contributed by atoms with Crippen LogP contribution in [0.1, 0.15) is 64.3 Å². The number of amides is 1. The Morgan fingerprint density at radius 2 is 1.63 bits per heavy atom. The van der Waals surface area contributed by atoms with Crippen molar-refractivity contribution in [2.24, 2.45) is 0 Å². The zero-order valence-corrected chi connectivity index (χ0v) is 21.0. The Bertz CT molecular complexity index is 1160. The molecule has 1 fully saturated rings. The van der Waals surface area contributed by atoms with E-state index in [-0.39, 0.29) is 24.2 Å². The fourth-order valence-corrected chi connectivity index (χ4v) is 5.50. The second-order valence-corrected chi connectivity index (χ2v) is 9.97. The van der Waals surface area contributed by atoms with Gasteiger partial charge in [0.2, 0.25) is 0 Å². The maximum atomic E-state index is 13.2. The van der Waals surface area contributed by atoms with E-state index in [9.17, 15) is 35.9 Å². The molecule has 0 radical (unpaired) electrons. The highest BCUT2D eigenvalue weighted by atomic mass is 19.4. The number of benzene rings is 1. The summed E-state index contributed by atoms with van der Waals surface area (Å²) in [6.07, 6.45) is -9.31. The number of carbonyl (C=O) groups excluding carboxylic acids is 2. The number of likely N-dealkylation sites (tertiary alicyclic amines) is 1. The normalized spacial score (nSPS) is 20.0. The molecule has 1 atom stereocenters. The van der Waals surface area contributed by atoms with Gasteiger partial charge in [-0.2, -0.15) is 26.3 Å². The Hall–Kier alpha value is -2.86. The molecule has 2 aliphatic heterocycles. The van der Waals surface area contributed by atoms with E-state index in [0.717, 1.165) is 0 Å². The number of ketones is 1. The first-order valence-corrected chi connectivity index (χ1v) is 12.3. The molecule has 6 nitrogen and oxygen atoms in total. The summed E-state index contributed by atoms with van der Waals surface area (Å²) >= 11 is 0. The Morgan fingerprint density at radius 3 is 2.21 bits per heavy atom. The Kier molecular flexibility index (Phi) is 7.68. The van der Waals surface area contributed by atoms with Gasteiger partial charge in [0, 0.05) is 36.9 Å². The molecule has 0 N–H and O–H groups in total. The molecule has 1 saturated heterocycles. The van der Waals surface area contributed by atoms with Gasteiger partial charge in [0.05, 0.1) is 30.9 Å². The molecule has 0 aliphatic carbocycles. The number of hydrogen-bond acceptors (Lipinski definition) is 4. The number of piperidine rings is 1. The summed E-state index contributed by atoms with van der Waals surface area (Å²) in [7, 11) is 1.91. The lowest BCUT2D eigenvalue weighted by atomic mass is 9.80. The largest absolute Gasteiger partial charge is 0.456 e. The Balaban J connectivity index is 1.43. The van der Waals surface area contributed by atoms with Crippen LogP contribution in [0, 0.1) is 0 Å². The van der Waals surface area contributed by atoms with Crippen molar-refractivity contribution in [3.63, 3.8) is 0 Å². The Morgan fingerprint density at radius 1 is 1.00 bits per heavy atom. The molecule has 38 heavy (non-hydrogen) atoms. The maximum Gasteiger partial charge on any atom is 0.456 e. The van der Waals surface area contributed by atoms with Crippen molar-refractivity contribution in [2.75, 3.05) is 33.3 Å². The SMILES string of the molecule is CC1CN(C)C2(CCN(C(=O)c3ccc(COCCC(F)(F)F)cc3)CC2)c2ccc(C(=O)C(F)(F)F)n21. The average Bonchev–Trinajstić information content (AvgIpc) is 3.30. The molecule has 1 spiro atoms. The fraction of sp³-hybridized carbons (Fsp3) is 0.538. The molecule has 1 aromatic carbocycles. The number of likely N-dealkylation sites (N-methyl/N-ethyl adjacent to an activating group) is 1. The van der Waals surface area contributed by atoms with E-state index < -0.39 is 36.7 Å². The van der Waals surface area contributed by atoms with E-state index in [1.165, 1.54) is 10.6 Å². The van der Waals surface area contributed by atoms with Gasteiger partial charge >= 0.3 is 12.4 Å². The number of rotatable bonds is 6. The highest BCUT2D eigenvalue weighted by molar-refractivity contribution is 5.99. The van der Waals surface area contributed by atoms with Crippen molar-refractivity contribution in [1.29, 1.82) is 0 Å². The van der Waals surface area contributed by atoms with Crippen LogP contribution in [0.15, 0.2) is 36.4 Å². The minimum absolute atomic E-state index is 0.0000188. The number of fused-ring (bicyclic) bond motifs is 2. The standard InChI is InChI=1S/C26H29F6N3O3/c1-17-15-33(2)24(21-8-7-20(35(17)21)22(36)26(30,31)32)9-12-34(13-10-24)23(37)19-5-3-18(4-6-19)16-38-14-11-25(27,28)29/h3-8,17H,9-16H2,1-2H3. The van der Waals surface area contributed by atoms with E-state index in [0.29, 0.717) is 49.3 Å². The number of nitrogens with zero attached hydrogens (tertiary/aromatic N) is 3. The summed E-state index contributed by atoms with van der Waals surface area (Å²) in [5.74, 6) is -2.07. The van der Waals surface area contributed by atoms with Crippen molar-refractivity contribution < 1.29 is 40.7 Å². The van der Waals surface area contributed by atoms with Gasteiger partial charge in [0.25, 0.3) is 11.7 Å². The van der Waals surface area contributed by atoms with E-state index >= 15 is 0 Å². The van der Waals surface area contributed by atoms with Gasteiger partial charge in [-0.25, -0.2) is 0 Å². The number of halogens is 6. The zero-order chi connectivity index (χ0) is 27.9.